The highest BCUT2D eigenvalue weighted by atomic mass is 35.5. The molecule has 1 fully saturated rings. The third-order valence-electron chi connectivity index (χ3n) is 3.67. The summed E-state index contributed by atoms with van der Waals surface area (Å²) < 4.78 is 11.3. The maximum absolute atomic E-state index is 12.9. The first-order valence-corrected chi connectivity index (χ1v) is 10.4. The summed E-state index contributed by atoms with van der Waals surface area (Å²) in [6, 6.07) is 3.69. The molecule has 0 radical (unpaired) electrons. The lowest BCUT2D eigenvalue weighted by atomic mass is 10.1. The first kappa shape index (κ1) is 21.6. The second-order valence-corrected chi connectivity index (χ2v) is 7.99. The molecule has 1 heterocycles. The Labute approximate surface area is 170 Å². The minimum Gasteiger partial charge on any atom is -0.490 e. The zero-order valence-corrected chi connectivity index (χ0v) is 18.3. The summed E-state index contributed by atoms with van der Waals surface area (Å²) >= 11 is 7.82. The van der Waals surface area contributed by atoms with E-state index in [9.17, 15) is 4.79 Å². The second-order valence-electron chi connectivity index (χ2n) is 6.57. The van der Waals surface area contributed by atoms with E-state index in [0.717, 1.165) is 5.17 Å². The van der Waals surface area contributed by atoms with Crippen LogP contribution in [-0.2, 0) is 4.79 Å². The lowest BCUT2D eigenvalue weighted by Crippen LogP contribution is -2.35. The smallest absolute Gasteiger partial charge is 0.266 e. The standard InChI is InChI=1S/C20H27ClN2O3S/c1-7-25-16-9-14(15(21)11-17(16)26-8-2)10-18-19(24)23(13(5)6)20(27-18)22-12(3)4/h9-13H,7-8H2,1-6H3/b18-10+,22-20?. The van der Waals surface area contributed by atoms with Crippen molar-refractivity contribution >= 4 is 40.5 Å². The summed E-state index contributed by atoms with van der Waals surface area (Å²) in [7, 11) is 0. The Balaban J connectivity index is 2.45. The predicted molar refractivity (Wildman–Crippen MR) is 114 cm³/mol. The number of carbonyl (C=O) groups is 1. The zero-order chi connectivity index (χ0) is 20.1. The van der Waals surface area contributed by atoms with Gasteiger partial charge in [-0.25, -0.2) is 0 Å². The number of aliphatic imine (C=N–C) groups is 1. The number of ether oxygens (including phenoxy) is 2. The highest BCUT2D eigenvalue weighted by molar-refractivity contribution is 8.18. The van der Waals surface area contributed by atoms with Crippen LogP contribution in [0.1, 0.15) is 47.1 Å². The maximum Gasteiger partial charge on any atom is 0.266 e. The highest BCUT2D eigenvalue weighted by Gasteiger charge is 2.35. The van der Waals surface area contributed by atoms with Crippen LogP contribution in [0.15, 0.2) is 22.0 Å². The van der Waals surface area contributed by atoms with Crippen LogP contribution in [0, 0.1) is 0 Å². The van der Waals surface area contributed by atoms with Gasteiger partial charge in [0, 0.05) is 18.2 Å². The van der Waals surface area contributed by atoms with Crippen molar-refractivity contribution in [2.24, 2.45) is 4.99 Å². The summed E-state index contributed by atoms with van der Waals surface area (Å²) in [5, 5.41) is 1.23. The highest BCUT2D eigenvalue weighted by Crippen LogP contribution is 2.38. The Morgan fingerprint density at radius 3 is 2.26 bits per heavy atom. The normalized spacial score (nSPS) is 17.7. The maximum atomic E-state index is 12.9. The molecule has 0 N–H and O–H groups in total. The van der Waals surface area contributed by atoms with Gasteiger partial charge < -0.3 is 9.47 Å². The van der Waals surface area contributed by atoms with Crippen LogP contribution in [0.3, 0.4) is 0 Å². The molecule has 5 nitrogen and oxygen atoms in total. The van der Waals surface area contributed by atoms with Crippen molar-refractivity contribution < 1.29 is 14.3 Å². The lowest BCUT2D eigenvalue weighted by molar-refractivity contribution is -0.123. The predicted octanol–water partition coefficient (Wildman–Crippen LogP) is 5.23. The average Bonchev–Trinajstić information content (AvgIpc) is 2.86. The molecule has 0 bridgehead atoms. The van der Waals surface area contributed by atoms with Crippen LogP contribution in [-0.4, -0.2) is 41.3 Å². The van der Waals surface area contributed by atoms with E-state index in [0.29, 0.717) is 40.2 Å². The monoisotopic (exact) mass is 410 g/mol. The van der Waals surface area contributed by atoms with E-state index < -0.39 is 0 Å². The summed E-state index contributed by atoms with van der Waals surface area (Å²) in [5.41, 5.74) is 0.717. The average molecular weight is 411 g/mol. The van der Waals surface area contributed by atoms with Gasteiger partial charge in [0.25, 0.3) is 5.91 Å². The van der Waals surface area contributed by atoms with E-state index in [2.05, 4.69) is 4.99 Å². The number of rotatable bonds is 7. The lowest BCUT2D eigenvalue weighted by Gasteiger charge is -2.20. The molecule has 148 valence electrons. The van der Waals surface area contributed by atoms with Crippen LogP contribution < -0.4 is 9.47 Å². The number of halogens is 1. The van der Waals surface area contributed by atoms with Crippen molar-refractivity contribution in [1.82, 2.24) is 4.90 Å². The number of hydrogen-bond donors (Lipinski definition) is 0. The Bertz CT molecular complexity index is 760. The molecule has 0 saturated carbocycles. The first-order valence-electron chi connectivity index (χ1n) is 9.18. The molecule has 1 saturated heterocycles. The zero-order valence-electron chi connectivity index (χ0n) is 16.7. The largest absolute Gasteiger partial charge is 0.490 e. The summed E-state index contributed by atoms with van der Waals surface area (Å²) in [6.45, 7) is 12.8. The minimum atomic E-state index is -0.0580. The fraction of sp³-hybridized carbons (Fsp3) is 0.500. The van der Waals surface area contributed by atoms with Gasteiger partial charge in [-0.2, -0.15) is 0 Å². The number of hydrogen-bond acceptors (Lipinski definition) is 5. The second kappa shape index (κ2) is 9.51. The van der Waals surface area contributed by atoms with E-state index in [4.69, 9.17) is 21.1 Å². The van der Waals surface area contributed by atoms with Gasteiger partial charge in [-0.3, -0.25) is 14.7 Å². The van der Waals surface area contributed by atoms with Crippen LogP contribution >= 0.6 is 23.4 Å². The molecule has 1 aliphatic rings. The third kappa shape index (κ3) is 5.20. The van der Waals surface area contributed by atoms with Crippen LogP contribution in [0.2, 0.25) is 5.02 Å². The summed E-state index contributed by atoms with van der Waals surface area (Å²) in [6.07, 6.45) is 1.80. The van der Waals surface area contributed by atoms with E-state index >= 15 is 0 Å². The number of amides is 1. The van der Waals surface area contributed by atoms with Crippen molar-refractivity contribution in [2.45, 2.75) is 53.6 Å². The Hall–Kier alpha value is -1.66. The van der Waals surface area contributed by atoms with E-state index in [1.165, 1.54) is 11.8 Å². The molecule has 0 atom stereocenters. The van der Waals surface area contributed by atoms with Gasteiger partial charge in [-0.1, -0.05) is 11.6 Å². The van der Waals surface area contributed by atoms with Crippen molar-refractivity contribution in [1.29, 1.82) is 0 Å². The summed E-state index contributed by atoms with van der Waals surface area (Å²) in [4.78, 5) is 19.8. The molecule has 0 spiro atoms. The van der Waals surface area contributed by atoms with E-state index in [1.807, 2.05) is 47.6 Å². The quantitative estimate of drug-likeness (QED) is 0.578. The van der Waals surface area contributed by atoms with Gasteiger partial charge >= 0.3 is 0 Å². The number of amidine groups is 1. The Morgan fingerprint density at radius 2 is 1.74 bits per heavy atom. The molecule has 7 heteroatoms. The Morgan fingerprint density at radius 1 is 1.15 bits per heavy atom. The number of nitrogens with zero attached hydrogens (tertiary/aromatic N) is 2. The van der Waals surface area contributed by atoms with E-state index in [1.54, 1.807) is 17.0 Å². The number of benzene rings is 1. The van der Waals surface area contributed by atoms with Gasteiger partial charge in [0.15, 0.2) is 16.7 Å². The fourth-order valence-corrected chi connectivity index (χ4v) is 4.02. The number of carbonyl (C=O) groups excluding carboxylic acids is 1. The fourth-order valence-electron chi connectivity index (χ4n) is 2.59. The minimum absolute atomic E-state index is 0.0307. The van der Waals surface area contributed by atoms with Crippen molar-refractivity contribution in [3.63, 3.8) is 0 Å². The molecule has 1 amide bonds. The van der Waals surface area contributed by atoms with Gasteiger partial charge in [-0.15, -0.1) is 0 Å². The van der Waals surface area contributed by atoms with Crippen LogP contribution in [0.4, 0.5) is 0 Å². The van der Waals surface area contributed by atoms with Crippen molar-refractivity contribution in [2.75, 3.05) is 13.2 Å². The van der Waals surface area contributed by atoms with Gasteiger partial charge in [0.05, 0.1) is 23.1 Å². The molecular weight excluding hydrogens is 384 g/mol. The molecule has 27 heavy (non-hydrogen) atoms. The third-order valence-corrected chi connectivity index (χ3v) is 5.00. The molecule has 0 aromatic heterocycles. The Kier molecular flexibility index (Phi) is 7.62. The molecule has 2 rings (SSSR count). The molecular formula is C20H27ClN2O3S. The van der Waals surface area contributed by atoms with Crippen molar-refractivity contribution in [3.05, 3.63) is 27.6 Å². The topological polar surface area (TPSA) is 51.1 Å². The summed E-state index contributed by atoms with van der Waals surface area (Å²) in [5.74, 6) is 1.16. The van der Waals surface area contributed by atoms with Crippen LogP contribution in [0.25, 0.3) is 6.08 Å². The van der Waals surface area contributed by atoms with Gasteiger partial charge in [0.2, 0.25) is 0 Å². The van der Waals surface area contributed by atoms with Gasteiger partial charge in [0.1, 0.15) is 0 Å². The first-order chi connectivity index (χ1) is 12.8. The molecule has 0 aliphatic carbocycles. The van der Waals surface area contributed by atoms with Gasteiger partial charge in [-0.05, 0) is 71.0 Å². The molecule has 1 aliphatic heterocycles. The SMILES string of the molecule is CCOc1cc(Cl)c(/C=C2/SC(=NC(C)C)N(C(C)C)C2=O)cc1OCC. The molecule has 1 aromatic carbocycles. The number of thioether (sulfide) groups is 1. The van der Waals surface area contributed by atoms with Crippen LogP contribution in [0.5, 0.6) is 11.5 Å². The van der Waals surface area contributed by atoms with E-state index in [-0.39, 0.29) is 18.0 Å². The van der Waals surface area contributed by atoms with Crippen molar-refractivity contribution in [3.8, 4) is 11.5 Å². The molecule has 1 aromatic rings. The molecule has 0 unspecified atom stereocenters.